The van der Waals surface area contributed by atoms with Crippen LogP contribution in [0.5, 0.6) is 0 Å². The van der Waals surface area contributed by atoms with E-state index in [0.29, 0.717) is 0 Å². The summed E-state index contributed by atoms with van der Waals surface area (Å²) in [4.78, 5) is 11.1. The van der Waals surface area contributed by atoms with Gasteiger partial charge in [-0.15, -0.1) is 0 Å². The standard InChI is InChI=1S/C9H16N2O/c1-3-6-10-11-7-4-5-9(11)8(2)12/h6,9H,3-5,7H2,1-2H3/t9-/m0/s1. The van der Waals surface area contributed by atoms with E-state index in [1.54, 1.807) is 6.92 Å². The van der Waals surface area contributed by atoms with Crippen LogP contribution in [0.15, 0.2) is 5.10 Å². The first-order chi connectivity index (χ1) is 5.75. The number of nitrogens with zero attached hydrogens (tertiary/aromatic N) is 2. The van der Waals surface area contributed by atoms with E-state index in [4.69, 9.17) is 0 Å². The van der Waals surface area contributed by atoms with E-state index in [2.05, 4.69) is 5.10 Å². The van der Waals surface area contributed by atoms with Crippen LogP contribution in [0.1, 0.15) is 33.1 Å². The third-order valence-electron chi connectivity index (χ3n) is 2.11. The zero-order valence-corrected chi connectivity index (χ0v) is 7.79. The highest BCUT2D eigenvalue weighted by atomic mass is 16.1. The predicted molar refractivity (Wildman–Crippen MR) is 49.2 cm³/mol. The Hall–Kier alpha value is -0.860. The molecule has 0 N–H and O–H groups in total. The number of hydrazone groups is 1. The lowest BCUT2D eigenvalue weighted by Crippen LogP contribution is -2.30. The Labute approximate surface area is 73.4 Å². The largest absolute Gasteiger partial charge is 0.298 e. The molecule has 0 amide bonds. The van der Waals surface area contributed by atoms with Crippen molar-refractivity contribution in [2.24, 2.45) is 5.10 Å². The van der Waals surface area contributed by atoms with E-state index < -0.39 is 0 Å². The molecule has 1 heterocycles. The molecule has 0 aromatic carbocycles. The first-order valence-corrected chi connectivity index (χ1v) is 4.55. The van der Waals surface area contributed by atoms with Crippen molar-refractivity contribution >= 4 is 12.0 Å². The fourth-order valence-corrected chi connectivity index (χ4v) is 1.49. The van der Waals surface area contributed by atoms with Crippen LogP contribution in [0, 0.1) is 0 Å². The summed E-state index contributed by atoms with van der Waals surface area (Å²) in [6, 6.07) is 0.0489. The van der Waals surface area contributed by atoms with Gasteiger partial charge in [-0.1, -0.05) is 6.92 Å². The summed E-state index contributed by atoms with van der Waals surface area (Å²) in [6.07, 6.45) is 4.85. The average molecular weight is 168 g/mol. The molecule has 0 spiro atoms. The Morgan fingerprint density at radius 1 is 1.75 bits per heavy atom. The van der Waals surface area contributed by atoms with E-state index in [1.165, 1.54) is 0 Å². The Bertz CT molecular complexity index is 189. The molecule has 0 aliphatic carbocycles. The van der Waals surface area contributed by atoms with Gasteiger partial charge in [0.05, 0.1) is 0 Å². The SMILES string of the molecule is CCC=NN1CCC[C@H]1C(C)=O. The minimum Gasteiger partial charge on any atom is -0.298 e. The Morgan fingerprint density at radius 3 is 3.08 bits per heavy atom. The molecule has 12 heavy (non-hydrogen) atoms. The van der Waals surface area contributed by atoms with Crippen molar-refractivity contribution in [3.05, 3.63) is 0 Å². The maximum Gasteiger partial charge on any atom is 0.153 e. The fraction of sp³-hybridized carbons (Fsp3) is 0.778. The summed E-state index contributed by atoms with van der Waals surface area (Å²) in [5.74, 6) is 0.237. The second-order valence-corrected chi connectivity index (χ2v) is 3.14. The van der Waals surface area contributed by atoms with E-state index in [0.717, 1.165) is 25.8 Å². The molecule has 0 unspecified atom stereocenters. The summed E-state index contributed by atoms with van der Waals surface area (Å²) in [5.41, 5.74) is 0. The quantitative estimate of drug-likeness (QED) is 0.597. The maximum atomic E-state index is 11.1. The van der Waals surface area contributed by atoms with Crippen molar-refractivity contribution in [2.45, 2.75) is 39.2 Å². The van der Waals surface area contributed by atoms with Crippen LogP contribution in [0.4, 0.5) is 0 Å². The third-order valence-corrected chi connectivity index (χ3v) is 2.11. The van der Waals surface area contributed by atoms with Gasteiger partial charge < -0.3 is 0 Å². The Balaban J connectivity index is 2.52. The second-order valence-electron chi connectivity index (χ2n) is 3.14. The van der Waals surface area contributed by atoms with Crippen LogP contribution in [-0.2, 0) is 4.79 Å². The maximum absolute atomic E-state index is 11.1. The number of carbonyl (C=O) groups is 1. The van der Waals surface area contributed by atoms with Crippen molar-refractivity contribution < 1.29 is 4.79 Å². The number of hydrogen-bond donors (Lipinski definition) is 0. The topological polar surface area (TPSA) is 32.7 Å². The molecule has 0 radical (unpaired) electrons. The van der Waals surface area contributed by atoms with E-state index in [1.807, 2.05) is 18.1 Å². The number of hydrogen-bond acceptors (Lipinski definition) is 3. The lowest BCUT2D eigenvalue weighted by molar-refractivity contribution is -0.121. The normalized spacial score (nSPS) is 23.8. The van der Waals surface area contributed by atoms with Crippen LogP contribution in [0.3, 0.4) is 0 Å². The number of ketones is 1. The van der Waals surface area contributed by atoms with Gasteiger partial charge in [0.2, 0.25) is 0 Å². The second kappa shape index (κ2) is 4.24. The monoisotopic (exact) mass is 168 g/mol. The molecule has 0 bridgehead atoms. The molecule has 0 saturated carbocycles. The molecular weight excluding hydrogens is 152 g/mol. The highest BCUT2D eigenvalue weighted by Gasteiger charge is 2.26. The summed E-state index contributed by atoms with van der Waals surface area (Å²) in [5, 5.41) is 6.14. The molecule has 0 aromatic rings. The highest BCUT2D eigenvalue weighted by molar-refractivity contribution is 5.81. The van der Waals surface area contributed by atoms with Gasteiger partial charge in [0.1, 0.15) is 6.04 Å². The summed E-state index contributed by atoms with van der Waals surface area (Å²) in [7, 11) is 0. The van der Waals surface area contributed by atoms with E-state index in [9.17, 15) is 4.79 Å². The smallest absolute Gasteiger partial charge is 0.153 e. The predicted octanol–water partition coefficient (Wildman–Crippen LogP) is 1.44. The molecule has 1 aliphatic heterocycles. The van der Waals surface area contributed by atoms with Crippen LogP contribution >= 0.6 is 0 Å². The average Bonchev–Trinajstić information content (AvgIpc) is 2.48. The summed E-state index contributed by atoms with van der Waals surface area (Å²) in [6.45, 7) is 4.62. The lowest BCUT2D eigenvalue weighted by atomic mass is 10.2. The van der Waals surface area contributed by atoms with Crippen molar-refractivity contribution in [1.29, 1.82) is 0 Å². The minimum absolute atomic E-state index is 0.0489. The lowest BCUT2D eigenvalue weighted by Gasteiger charge is -2.18. The molecule has 1 fully saturated rings. The van der Waals surface area contributed by atoms with E-state index >= 15 is 0 Å². The van der Waals surface area contributed by atoms with Crippen molar-refractivity contribution in [3.63, 3.8) is 0 Å². The molecule has 3 heteroatoms. The van der Waals surface area contributed by atoms with Crippen molar-refractivity contribution in [3.8, 4) is 0 Å². The molecule has 1 saturated heterocycles. The van der Waals surface area contributed by atoms with E-state index in [-0.39, 0.29) is 11.8 Å². The molecular formula is C9H16N2O. The van der Waals surface area contributed by atoms with Crippen molar-refractivity contribution in [1.82, 2.24) is 5.01 Å². The first kappa shape index (κ1) is 9.23. The first-order valence-electron chi connectivity index (χ1n) is 4.55. The van der Waals surface area contributed by atoms with Gasteiger partial charge in [-0.25, -0.2) is 0 Å². The van der Waals surface area contributed by atoms with Crippen LogP contribution in [-0.4, -0.2) is 29.6 Å². The van der Waals surface area contributed by atoms with Gasteiger partial charge in [-0.2, -0.15) is 5.10 Å². The molecule has 1 aliphatic rings. The van der Waals surface area contributed by atoms with Gasteiger partial charge in [0.25, 0.3) is 0 Å². The fourth-order valence-electron chi connectivity index (χ4n) is 1.49. The highest BCUT2D eigenvalue weighted by Crippen LogP contribution is 2.17. The molecule has 3 nitrogen and oxygen atoms in total. The molecule has 1 atom stereocenters. The van der Waals surface area contributed by atoms with Gasteiger partial charge in [-0.3, -0.25) is 9.80 Å². The van der Waals surface area contributed by atoms with Gasteiger partial charge in [-0.05, 0) is 26.2 Å². The molecule has 68 valence electrons. The third kappa shape index (κ3) is 2.06. The minimum atomic E-state index is 0.0489. The zero-order chi connectivity index (χ0) is 8.97. The van der Waals surface area contributed by atoms with Gasteiger partial charge in [0, 0.05) is 12.8 Å². The molecule has 0 aromatic heterocycles. The van der Waals surface area contributed by atoms with Crippen LogP contribution in [0.2, 0.25) is 0 Å². The summed E-state index contributed by atoms with van der Waals surface area (Å²) < 4.78 is 0. The summed E-state index contributed by atoms with van der Waals surface area (Å²) >= 11 is 0. The van der Waals surface area contributed by atoms with Crippen molar-refractivity contribution in [2.75, 3.05) is 6.54 Å². The Morgan fingerprint density at radius 2 is 2.50 bits per heavy atom. The number of carbonyl (C=O) groups excluding carboxylic acids is 1. The van der Waals surface area contributed by atoms with Gasteiger partial charge in [0.15, 0.2) is 5.78 Å². The van der Waals surface area contributed by atoms with Crippen LogP contribution in [0.25, 0.3) is 0 Å². The van der Waals surface area contributed by atoms with Gasteiger partial charge >= 0.3 is 0 Å². The number of rotatable bonds is 3. The van der Waals surface area contributed by atoms with Crippen LogP contribution < -0.4 is 0 Å². The zero-order valence-electron chi connectivity index (χ0n) is 7.79. The number of Topliss-reactive ketones (excluding diaryl/α,β-unsaturated/α-hetero) is 1. The molecule has 1 rings (SSSR count). The Kier molecular flexibility index (Phi) is 3.26.